The minimum atomic E-state index is 0.119. The fourth-order valence-electron chi connectivity index (χ4n) is 7.42. The zero-order valence-electron chi connectivity index (χ0n) is 21.0. The van der Waals surface area contributed by atoms with E-state index in [0.717, 1.165) is 17.1 Å². The Balaban J connectivity index is 1.49. The third kappa shape index (κ3) is 2.30. The average Bonchev–Trinajstić information content (AvgIpc) is 3.52. The average molecular weight is 493 g/mol. The molecule has 10 rings (SSSR count). The van der Waals surface area contributed by atoms with Crippen LogP contribution in [-0.2, 0) is 0 Å². The van der Waals surface area contributed by atoms with E-state index in [1.54, 1.807) is 0 Å². The Morgan fingerprint density at radius 2 is 1.08 bits per heavy atom. The second kappa shape index (κ2) is 6.86. The number of aromatic nitrogens is 3. The van der Waals surface area contributed by atoms with Gasteiger partial charge in [-0.05, 0) is 34.6 Å². The predicted octanol–water partition coefficient (Wildman–Crippen LogP) is 6.09. The summed E-state index contributed by atoms with van der Waals surface area (Å²) in [6.07, 6.45) is 0. The highest BCUT2D eigenvalue weighted by atomic mass is 15.1. The van der Waals surface area contributed by atoms with E-state index in [-0.39, 0.29) is 6.71 Å². The summed E-state index contributed by atoms with van der Waals surface area (Å²) in [5, 5.41) is 5.17. The Hall–Kier alpha value is -5.09. The number of nitrogens with zero attached hydrogens (tertiary/aromatic N) is 3. The molecule has 39 heavy (non-hydrogen) atoms. The van der Waals surface area contributed by atoms with Crippen molar-refractivity contribution in [2.45, 2.75) is 0 Å². The summed E-state index contributed by atoms with van der Waals surface area (Å²) < 4.78 is 4.93. The van der Waals surface area contributed by atoms with Gasteiger partial charge in [-0.1, -0.05) is 103 Å². The van der Waals surface area contributed by atoms with Crippen LogP contribution in [0.25, 0.3) is 66.4 Å². The second-order valence-electron chi connectivity index (χ2n) is 10.8. The molecule has 0 aliphatic carbocycles. The quantitative estimate of drug-likeness (QED) is 0.254. The molecule has 0 N–H and O–H groups in total. The molecule has 0 spiro atoms. The summed E-state index contributed by atoms with van der Waals surface area (Å²) in [5.41, 5.74) is 12.4. The first-order chi connectivity index (χ1) is 19.4. The van der Waals surface area contributed by atoms with E-state index >= 15 is 0 Å². The number of fused-ring (bicyclic) bond motifs is 10. The summed E-state index contributed by atoms with van der Waals surface area (Å²) in [7, 11) is 0. The molecule has 0 saturated heterocycles. The minimum absolute atomic E-state index is 0.119. The zero-order valence-corrected chi connectivity index (χ0v) is 21.0. The molecule has 2 aliphatic heterocycles. The van der Waals surface area contributed by atoms with Gasteiger partial charge in [-0.3, -0.25) is 4.57 Å². The molecule has 0 saturated carbocycles. The van der Waals surface area contributed by atoms with E-state index in [1.165, 1.54) is 65.7 Å². The second-order valence-corrected chi connectivity index (χ2v) is 10.8. The molecule has 2 aliphatic rings. The zero-order chi connectivity index (χ0) is 25.2. The molecule has 0 bridgehead atoms. The first kappa shape index (κ1) is 20.0. The van der Waals surface area contributed by atoms with Crippen LogP contribution in [0.15, 0.2) is 121 Å². The van der Waals surface area contributed by atoms with Crippen LogP contribution < -0.4 is 16.4 Å². The molecule has 0 unspecified atom stereocenters. The van der Waals surface area contributed by atoms with Crippen molar-refractivity contribution < 1.29 is 0 Å². The molecule has 5 heterocycles. The maximum Gasteiger partial charge on any atom is 0.254 e. The fourth-order valence-corrected chi connectivity index (χ4v) is 7.42. The lowest BCUT2D eigenvalue weighted by Crippen LogP contribution is -2.59. The number of hydrogen-bond acceptors (Lipinski definition) is 1. The normalized spacial score (nSPS) is 13.1. The Morgan fingerprint density at radius 1 is 0.513 bits per heavy atom. The smallest absolute Gasteiger partial charge is 0.254 e. The summed E-state index contributed by atoms with van der Waals surface area (Å²) in [5.74, 6) is 1.04. The van der Waals surface area contributed by atoms with Gasteiger partial charge in [0, 0.05) is 38.3 Å². The third-order valence-electron chi connectivity index (χ3n) is 8.90. The van der Waals surface area contributed by atoms with Crippen LogP contribution in [0.4, 0.5) is 0 Å². The van der Waals surface area contributed by atoms with Crippen molar-refractivity contribution in [3.63, 3.8) is 0 Å². The number of benzene rings is 5. The Kier molecular flexibility index (Phi) is 3.51. The summed E-state index contributed by atoms with van der Waals surface area (Å²) in [6, 6.07) is 44.2. The van der Waals surface area contributed by atoms with Crippen molar-refractivity contribution in [1.29, 1.82) is 0 Å². The van der Waals surface area contributed by atoms with Gasteiger partial charge in [0.15, 0.2) is 0 Å². The molecule has 0 amide bonds. The SMILES string of the molecule is c1ccc(-c2cc3c4c(n2)-n2c5ccccc5c5cccc(c52)B4c2cccc4c5ccccc5n-3c24)cc1. The van der Waals surface area contributed by atoms with Gasteiger partial charge in [-0.15, -0.1) is 0 Å². The highest BCUT2D eigenvalue weighted by molar-refractivity contribution is 7.00. The van der Waals surface area contributed by atoms with E-state index in [0.29, 0.717) is 0 Å². The molecule has 0 radical (unpaired) electrons. The molecule has 8 aromatic rings. The highest BCUT2D eigenvalue weighted by Crippen LogP contribution is 2.39. The van der Waals surface area contributed by atoms with Crippen molar-refractivity contribution in [3.8, 4) is 22.8 Å². The Morgan fingerprint density at radius 3 is 1.77 bits per heavy atom. The van der Waals surface area contributed by atoms with Crippen LogP contribution in [0.2, 0.25) is 0 Å². The fraction of sp³-hybridized carbons (Fsp3) is 0. The van der Waals surface area contributed by atoms with E-state index in [1.807, 2.05) is 0 Å². The number of pyridine rings is 1. The number of para-hydroxylation sites is 4. The van der Waals surface area contributed by atoms with E-state index in [9.17, 15) is 0 Å². The standard InChI is InChI=1S/C35H20BN3/c1-2-10-21(11-3-1)28-20-31-32-35(37-28)39-30-19-7-5-13-23(30)25-15-9-17-27(34(25)39)36(32)26-16-8-14-24-22-12-4-6-18-29(22)38(31)33(24)26/h1-20H. The van der Waals surface area contributed by atoms with E-state index in [2.05, 4.69) is 130 Å². The highest BCUT2D eigenvalue weighted by Gasteiger charge is 2.41. The Labute approximate surface area is 224 Å². The van der Waals surface area contributed by atoms with Crippen LogP contribution in [-0.4, -0.2) is 20.8 Å². The number of rotatable bonds is 1. The van der Waals surface area contributed by atoms with Crippen LogP contribution in [0.3, 0.4) is 0 Å². The maximum absolute atomic E-state index is 5.47. The van der Waals surface area contributed by atoms with Crippen LogP contribution >= 0.6 is 0 Å². The monoisotopic (exact) mass is 493 g/mol. The molecule has 4 heteroatoms. The minimum Gasteiger partial charge on any atom is -0.310 e. The first-order valence-electron chi connectivity index (χ1n) is 13.5. The molecule has 3 aromatic heterocycles. The molecule has 0 atom stereocenters. The third-order valence-corrected chi connectivity index (χ3v) is 8.90. The summed E-state index contributed by atoms with van der Waals surface area (Å²) in [6.45, 7) is 0.119. The Bertz CT molecular complexity index is 2200. The lowest BCUT2D eigenvalue weighted by atomic mass is 9.34. The van der Waals surface area contributed by atoms with Gasteiger partial charge >= 0.3 is 0 Å². The van der Waals surface area contributed by atoms with Crippen molar-refractivity contribution in [1.82, 2.24) is 14.1 Å². The lowest BCUT2D eigenvalue weighted by Gasteiger charge is -2.33. The van der Waals surface area contributed by atoms with Gasteiger partial charge in [0.2, 0.25) is 0 Å². The van der Waals surface area contributed by atoms with Crippen molar-refractivity contribution >= 4 is 66.7 Å². The molecule has 178 valence electrons. The first-order valence-corrected chi connectivity index (χ1v) is 13.5. The van der Waals surface area contributed by atoms with E-state index < -0.39 is 0 Å². The molecular weight excluding hydrogens is 473 g/mol. The van der Waals surface area contributed by atoms with Gasteiger partial charge in [0.1, 0.15) is 5.82 Å². The van der Waals surface area contributed by atoms with Crippen LogP contribution in [0.1, 0.15) is 0 Å². The predicted molar refractivity (Wildman–Crippen MR) is 163 cm³/mol. The number of hydrogen-bond donors (Lipinski definition) is 0. The van der Waals surface area contributed by atoms with Gasteiger partial charge < -0.3 is 4.57 Å². The summed E-state index contributed by atoms with van der Waals surface area (Å²) in [4.78, 5) is 5.47. The van der Waals surface area contributed by atoms with Gasteiger partial charge in [-0.25, -0.2) is 4.98 Å². The molecule has 0 fully saturated rings. The van der Waals surface area contributed by atoms with Crippen molar-refractivity contribution in [3.05, 3.63) is 121 Å². The summed E-state index contributed by atoms with van der Waals surface area (Å²) >= 11 is 0. The molecule has 5 aromatic carbocycles. The van der Waals surface area contributed by atoms with Gasteiger partial charge in [-0.2, -0.15) is 0 Å². The van der Waals surface area contributed by atoms with E-state index in [4.69, 9.17) is 4.98 Å². The van der Waals surface area contributed by atoms with Gasteiger partial charge in [0.05, 0.1) is 22.2 Å². The molecule has 3 nitrogen and oxygen atoms in total. The maximum atomic E-state index is 5.47. The molecular formula is C35H20BN3. The van der Waals surface area contributed by atoms with Crippen LogP contribution in [0.5, 0.6) is 0 Å². The van der Waals surface area contributed by atoms with Crippen molar-refractivity contribution in [2.24, 2.45) is 0 Å². The van der Waals surface area contributed by atoms with Gasteiger partial charge in [0.25, 0.3) is 6.71 Å². The van der Waals surface area contributed by atoms with Crippen molar-refractivity contribution in [2.75, 3.05) is 0 Å². The van der Waals surface area contributed by atoms with Crippen LogP contribution in [0, 0.1) is 0 Å². The lowest BCUT2D eigenvalue weighted by molar-refractivity contribution is 1.07. The topological polar surface area (TPSA) is 22.8 Å². The largest absolute Gasteiger partial charge is 0.310 e.